The van der Waals surface area contributed by atoms with Crippen LogP contribution in [0.5, 0.6) is 5.75 Å². The molecule has 1 atom stereocenters. The largest absolute Gasteiger partial charge is 0.508 e. The standard InChI is InChI=1S/C23H22N4O6/c1-4-32-22(30)19-12(2)24-23(31)27(20(19)15-7-5-6-8-17(15)28)26-21(29)14-9-10-18-16(11-14)25-13(3)33-18/h5-11,20,28H,4H2,1-3H3,(H,24,31)(H,26,29). The van der Waals surface area contributed by atoms with Crippen molar-refractivity contribution in [2.75, 3.05) is 6.61 Å². The lowest BCUT2D eigenvalue weighted by atomic mass is 9.94. The number of allylic oxidation sites excluding steroid dienone is 1. The molecule has 1 unspecified atom stereocenters. The van der Waals surface area contributed by atoms with Gasteiger partial charge in [-0.2, -0.15) is 0 Å². The molecule has 0 saturated heterocycles. The van der Waals surface area contributed by atoms with Gasteiger partial charge in [0.1, 0.15) is 17.3 Å². The second-order valence-electron chi connectivity index (χ2n) is 7.38. The van der Waals surface area contributed by atoms with Gasteiger partial charge >= 0.3 is 12.0 Å². The zero-order valence-corrected chi connectivity index (χ0v) is 18.2. The highest BCUT2D eigenvalue weighted by molar-refractivity contribution is 6.00. The molecule has 1 aliphatic rings. The van der Waals surface area contributed by atoms with Crippen molar-refractivity contribution < 1.29 is 28.6 Å². The number of aromatic nitrogens is 1. The van der Waals surface area contributed by atoms with E-state index in [4.69, 9.17) is 9.15 Å². The molecule has 2 aromatic carbocycles. The average Bonchev–Trinajstić information content (AvgIpc) is 3.15. The first kappa shape index (κ1) is 21.9. The van der Waals surface area contributed by atoms with Gasteiger partial charge in [-0.15, -0.1) is 0 Å². The fraction of sp³-hybridized carbons (Fsp3) is 0.217. The summed E-state index contributed by atoms with van der Waals surface area (Å²) >= 11 is 0. The van der Waals surface area contributed by atoms with Crippen molar-refractivity contribution in [2.24, 2.45) is 0 Å². The number of phenolic OH excluding ortho intramolecular Hbond substituents is 1. The SMILES string of the molecule is CCOC(=O)C1=C(C)NC(=O)N(NC(=O)c2ccc3oc(C)nc3c2)C1c1ccccc1O. The third-order valence-electron chi connectivity index (χ3n) is 5.15. The minimum absolute atomic E-state index is 0.0841. The first-order valence-electron chi connectivity index (χ1n) is 10.2. The number of oxazole rings is 1. The van der Waals surface area contributed by atoms with Crippen molar-refractivity contribution >= 4 is 29.0 Å². The number of hydrazine groups is 1. The van der Waals surface area contributed by atoms with E-state index in [-0.39, 0.29) is 34.8 Å². The molecule has 10 nitrogen and oxygen atoms in total. The molecule has 10 heteroatoms. The second kappa shape index (κ2) is 8.65. The van der Waals surface area contributed by atoms with E-state index in [1.807, 2.05) is 0 Å². The predicted octanol–water partition coefficient (Wildman–Crippen LogP) is 3.09. The van der Waals surface area contributed by atoms with Crippen LogP contribution in [0, 0.1) is 6.92 Å². The highest BCUT2D eigenvalue weighted by Crippen LogP contribution is 2.37. The Morgan fingerprint density at radius 2 is 2.00 bits per heavy atom. The number of phenols is 1. The Bertz CT molecular complexity index is 1300. The molecule has 0 aliphatic carbocycles. The van der Waals surface area contributed by atoms with Crippen LogP contribution in [0.1, 0.15) is 41.7 Å². The molecule has 3 amide bonds. The Morgan fingerprint density at radius 3 is 2.73 bits per heavy atom. The summed E-state index contributed by atoms with van der Waals surface area (Å²) in [5, 5.41) is 14.0. The number of aromatic hydroxyl groups is 1. The zero-order chi connectivity index (χ0) is 23.7. The lowest BCUT2D eigenvalue weighted by Crippen LogP contribution is -2.56. The molecule has 3 aromatic rings. The number of rotatable bonds is 5. The average molecular weight is 450 g/mol. The molecule has 2 heterocycles. The summed E-state index contributed by atoms with van der Waals surface area (Å²) in [4.78, 5) is 43.0. The van der Waals surface area contributed by atoms with Gasteiger partial charge in [-0.3, -0.25) is 10.2 Å². The fourth-order valence-electron chi connectivity index (χ4n) is 3.70. The zero-order valence-electron chi connectivity index (χ0n) is 18.2. The van der Waals surface area contributed by atoms with Crippen LogP contribution in [0.25, 0.3) is 11.1 Å². The van der Waals surface area contributed by atoms with Gasteiger partial charge in [0.15, 0.2) is 11.5 Å². The van der Waals surface area contributed by atoms with Gasteiger partial charge in [0.05, 0.1) is 12.2 Å². The quantitative estimate of drug-likeness (QED) is 0.509. The highest BCUT2D eigenvalue weighted by atomic mass is 16.5. The summed E-state index contributed by atoms with van der Waals surface area (Å²) in [6.07, 6.45) is 0. The maximum atomic E-state index is 13.1. The summed E-state index contributed by atoms with van der Waals surface area (Å²) in [5.74, 6) is -0.985. The third kappa shape index (κ3) is 4.10. The maximum Gasteiger partial charge on any atom is 0.341 e. The van der Waals surface area contributed by atoms with Crippen LogP contribution in [0.3, 0.4) is 0 Å². The van der Waals surface area contributed by atoms with Gasteiger partial charge in [0.2, 0.25) is 0 Å². The fourth-order valence-corrected chi connectivity index (χ4v) is 3.70. The van der Waals surface area contributed by atoms with Crippen LogP contribution in [0.2, 0.25) is 0 Å². The second-order valence-corrected chi connectivity index (χ2v) is 7.38. The molecule has 3 N–H and O–H groups in total. The summed E-state index contributed by atoms with van der Waals surface area (Å²) in [5.41, 5.74) is 4.38. The number of nitrogens with zero attached hydrogens (tertiary/aromatic N) is 2. The van der Waals surface area contributed by atoms with E-state index in [9.17, 15) is 19.5 Å². The molecule has 0 saturated carbocycles. The van der Waals surface area contributed by atoms with E-state index in [2.05, 4.69) is 15.7 Å². The number of carbonyl (C=O) groups excluding carboxylic acids is 3. The van der Waals surface area contributed by atoms with Gasteiger partial charge in [-0.25, -0.2) is 19.6 Å². The maximum absolute atomic E-state index is 13.1. The van der Waals surface area contributed by atoms with Gasteiger partial charge < -0.3 is 19.6 Å². The van der Waals surface area contributed by atoms with Crippen LogP contribution in [-0.2, 0) is 9.53 Å². The number of fused-ring (bicyclic) bond motifs is 1. The number of carbonyl (C=O) groups is 3. The number of para-hydroxylation sites is 1. The minimum atomic E-state index is -1.12. The lowest BCUT2D eigenvalue weighted by molar-refractivity contribution is -0.139. The Balaban J connectivity index is 1.75. The summed E-state index contributed by atoms with van der Waals surface area (Å²) in [7, 11) is 0. The number of benzene rings is 2. The van der Waals surface area contributed by atoms with Crippen molar-refractivity contribution in [2.45, 2.75) is 26.8 Å². The Hall–Kier alpha value is -4.34. The monoisotopic (exact) mass is 450 g/mol. The Morgan fingerprint density at radius 1 is 1.24 bits per heavy atom. The van der Waals surface area contributed by atoms with Crippen LogP contribution in [0.4, 0.5) is 4.79 Å². The number of hydrogen-bond donors (Lipinski definition) is 3. The molecule has 170 valence electrons. The van der Waals surface area contributed by atoms with Crippen LogP contribution in [0.15, 0.2) is 58.2 Å². The van der Waals surface area contributed by atoms with E-state index >= 15 is 0 Å². The Kier molecular flexibility index (Phi) is 5.74. The molecule has 0 bridgehead atoms. The molecule has 0 radical (unpaired) electrons. The summed E-state index contributed by atoms with van der Waals surface area (Å²) in [6, 6.07) is 9.13. The van der Waals surface area contributed by atoms with Gasteiger partial charge in [0.25, 0.3) is 5.91 Å². The van der Waals surface area contributed by atoms with Crippen molar-refractivity contribution in [3.8, 4) is 5.75 Å². The van der Waals surface area contributed by atoms with E-state index in [1.165, 1.54) is 18.2 Å². The number of urea groups is 1. The topological polar surface area (TPSA) is 134 Å². The van der Waals surface area contributed by atoms with Gasteiger partial charge in [-0.05, 0) is 38.1 Å². The number of amides is 3. The molecule has 1 aromatic heterocycles. The molecule has 0 spiro atoms. The van der Waals surface area contributed by atoms with Crippen LogP contribution >= 0.6 is 0 Å². The lowest BCUT2D eigenvalue weighted by Gasteiger charge is -2.37. The molecular formula is C23H22N4O6. The molecule has 4 rings (SSSR count). The van der Waals surface area contributed by atoms with Crippen LogP contribution < -0.4 is 10.7 Å². The third-order valence-corrected chi connectivity index (χ3v) is 5.15. The number of ether oxygens (including phenoxy) is 1. The number of esters is 1. The first-order valence-corrected chi connectivity index (χ1v) is 10.2. The molecule has 33 heavy (non-hydrogen) atoms. The van der Waals surface area contributed by atoms with Crippen LogP contribution in [-0.4, -0.2) is 39.6 Å². The highest BCUT2D eigenvalue weighted by Gasteiger charge is 2.41. The van der Waals surface area contributed by atoms with Crippen molar-refractivity contribution in [3.63, 3.8) is 0 Å². The van der Waals surface area contributed by atoms with Crippen molar-refractivity contribution in [1.29, 1.82) is 0 Å². The predicted molar refractivity (Wildman–Crippen MR) is 117 cm³/mol. The van der Waals surface area contributed by atoms with Gasteiger partial charge in [-0.1, -0.05) is 18.2 Å². The van der Waals surface area contributed by atoms with Gasteiger partial charge in [0, 0.05) is 23.7 Å². The minimum Gasteiger partial charge on any atom is -0.508 e. The summed E-state index contributed by atoms with van der Waals surface area (Å²) in [6.45, 7) is 5.02. The van der Waals surface area contributed by atoms with E-state index in [0.29, 0.717) is 17.0 Å². The normalized spacial score (nSPS) is 16.0. The van der Waals surface area contributed by atoms with E-state index < -0.39 is 23.9 Å². The first-order chi connectivity index (χ1) is 15.8. The Labute approximate surface area is 188 Å². The number of hydrogen-bond acceptors (Lipinski definition) is 7. The number of nitrogens with one attached hydrogen (secondary N) is 2. The molecule has 1 aliphatic heterocycles. The van der Waals surface area contributed by atoms with E-state index in [1.54, 1.807) is 45.0 Å². The smallest absolute Gasteiger partial charge is 0.341 e. The molecule has 0 fully saturated rings. The van der Waals surface area contributed by atoms with Crippen molar-refractivity contribution in [3.05, 3.63) is 70.8 Å². The molecular weight excluding hydrogens is 428 g/mol. The van der Waals surface area contributed by atoms with Crippen molar-refractivity contribution in [1.82, 2.24) is 20.7 Å². The summed E-state index contributed by atoms with van der Waals surface area (Å²) < 4.78 is 10.6. The van der Waals surface area contributed by atoms with E-state index in [0.717, 1.165) is 5.01 Å². The number of aryl methyl sites for hydroxylation is 1.